The quantitative estimate of drug-likeness (QED) is 0.0246. The Morgan fingerprint density at radius 3 is 1.45 bits per heavy atom. The molecular formula is C52H95NO5. The molecule has 0 fully saturated rings. The van der Waals surface area contributed by atoms with Gasteiger partial charge in [-0.3, -0.25) is 9.59 Å². The Hall–Kier alpha value is -2.18. The molecule has 338 valence electrons. The fourth-order valence-corrected chi connectivity index (χ4v) is 7.25. The van der Waals surface area contributed by atoms with E-state index in [1.807, 2.05) is 0 Å². The highest BCUT2D eigenvalue weighted by atomic mass is 16.5. The van der Waals surface area contributed by atoms with Crippen LogP contribution in [0.25, 0.3) is 0 Å². The largest absolute Gasteiger partial charge is 0.466 e. The van der Waals surface area contributed by atoms with Crippen molar-refractivity contribution in [3.05, 3.63) is 48.6 Å². The van der Waals surface area contributed by atoms with Crippen LogP contribution in [0.1, 0.15) is 245 Å². The van der Waals surface area contributed by atoms with Crippen molar-refractivity contribution in [3.8, 4) is 0 Å². The number of aliphatic hydroxyl groups excluding tert-OH is 2. The van der Waals surface area contributed by atoms with E-state index in [9.17, 15) is 19.8 Å². The molecule has 0 aliphatic carbocycles. The van der Waals surface area contributed by atoms with Gasteiger partial charge in [0.2, 0.25) is 5.91 Å². The van der Waals surface area contributed by atoms with Crippen LogP contribution in [-0.2, 0) is 14.3 Å². The third kappa shape index (κ3) is 43.4. The average Bonchev–Trinajstić information content (AvgIpc) is 3.22. The lowest BCUT2D eigenvalue weighted by Crippen LogP contribution is -2.45. The van der Waals surface area contributed by atoms with Crippen LogP contribution in [0.4, 0.5) is 0 Å². The van der Waals surface area contributed by atoms with Crippen molar-refractivity contribution < 1.29 is 24.5 Å². The zero-order chi connectivity index (χ0) is 42.3. The van der Waals surface area contributed by atoms with E-state index in [0.29, 0.717) is 25.9 Å². The zero-order valence-electron chi connectivity index (χ0n) is 38.3. The number of amides is 1. The Morgan fingerprint density at radius 2 is 0.914 bits per heavy atom. The van der Waals surface area contributed by atoms with E-state index in [0.717, 1.165) is 83.5 Å². The maximum absolute atomic E-state index is 12.4. The molecule has 0 saturated carbocycles. The molecule has 1 amide bonds. The third-order valence-electron chi connectivity index (χ3n) is 11.1. The van der Waals surface area contributed by atoms with Crippen molar-refractivity contribution >= 4 is 11.9 Å². The van der Waals surface area contributed by atoms with Gasteiger partial charge in [-0.1, -0.05) is 191 Å². The van der Waals surface area contributed by atoms with Gasteiger partial charge in [-0.25, -0.2) is 0 Å². The summed E-state index contributed by atoms with van der Waals surface area (Å²) in [6, 6.07) is -0.557. The normalized spacial score (nSPS) is 13.1. The van der Waals surface area contributed by atoms with Crippen molar-refractivity contribution in [2.24, 2.45) is 0 Å². The molecule has 0 aliphatic rings. The minimum atomic E-state index is -0.677. The molecule has 2 unspecified atom stereocenters. The smallest absolute Gasteiger partial charge is 0.305 e. The summed E-state index contributed by atoms with van der Waals surface area (Å²) in [7, 11) is 0. The standard InChI is InChI=1S/C52H95NO5/c1-3-5-7-9-11-13-14-15-16-17-20-23-26-30-34-38-42-46-52(57)58-47-43-39-35-31-27-24-21-18-19-22-25-29-33-37-41-45-51(56)53-49(48-54)50(55)44-40-36-32-28-12-10-8-6-4-2/h11,13,15-16,18,21,24,27,49-50,54-55H,3-10,12,14,17,19-20,22-23,25-26,28-48H2,1-2H3,(H,53,56)/b13-11-,16-15-,21-18-,27-24-. The molecular weight excluding hydrogens is 719 g/mol. The van der Waals surface area contributed by atoms with Gasteiger partial charge < -0.3 is 20.3 Å². The first-order valence-electron chi connectivity index (χ1n) is 24.9. The third-order valence-corrected chi connectivity index (χ3v) is 11.1. The first-order chi connectivity index (χ1) is 28.5. The zero-order valence-corrected chi connectivity index (χ0v) is 38.3. The predicted octanol–water partition coefficient (Wildman–Crippen LogP) is 14.7. The molecule has 6 heteroatoms. The van der Waals surface area contributed by atoms with Crippen LogP contribution in [0.15, 0.2) is 48.6 Å². The number of unbranched alkanes of at least 4 members (excludes halogenated alkanes) is 27. The highest BCUT2D eigenvalue weighted by Crippen LogP contribution is 2.14. The highest BCUT2D eigenvalue weighted by Gasteiger charge is 2.20. The van der Waals surface area contributed by atoms with E-state index >= 15 is 0 Å². The Bertz CT molecular complexity index is 988. The Balaban J connectivity index is 3.51. The van der Waals surface area contributed by atoms with E-state index in [1.165, 1.54) is 128 Å². The van der Waals surface area contributed by atoms with Crippen LogP contribution in [0.2, 0.25) is 0 Å². The van der Waals surface area contributed by atoms with Crippen LogP contribution in [-0.4, -0.2) is 47.4 Å². The number of allylic oxidation sites excluding steroid dienone is 8. The summed E-state index contributed by atoms with van der Waals surface area (Å²) in [4.78, 5) is 24.4. The number of esters is 1. The van der Waals surface area contributed by atoms with Gasteiger partial charge >= 0.3 is 5.97 Å². The SMILES string of the molecule is CCCCC/C=C\C/C=C\CCCCCCCCCC(=O)OCCCCC/C=C\C=C/CCCCCCCCC(=O)NC(CO)C(O)CCCCCCCCCCC. The van der Waals surface area contributed by atoms with Crippen LogP contribution < -0.4 is 5.32 Å². The van der Waals surface area contributed by atoms with Gasteiger partial charge in [-0.05, 0) is 89.9 Å². The average molecular weight is 814 g/mol. The minimum Gasteiger partial charge on any atom is -0.466 e. The summed E-state index contributed by atoms with van der Waals surface area (Å²) in [6.45, 7) is 4.83. The Morgan fingerprint density at radius 1 is 0.500 bits per heavy atom. The summed E-state index contributed by atoms with van der Waals surface area (Å²) in [6.07, 6.45) is 58.0. The Kier molecular flexibility index (Phi) is 45.7. The molecule has 0 aliphatic heterocycles. The number of nitrogens with one attached hydrogen (secondary N) is 1. The molecule has 0 spiro atoms. The van der Waals surface area contributed by atoms with Crippen molar-refractivity contribution in [1.29, 1.82) is 0 Å². The topological polar surface area (TPSA) is 95.9 Å². The van der Waals surface area contributed by atoms with Gasteiger partial charge in [0, 0.05) is 12.8 Å². The molecule has 0 aromatic rings. The highest BCUT2D eigenvalue weighted by molar-refractivity contribution is 5.76. The lowest BCUT2D eigenvalue weighted by atomic mass is 10.0. The second kappa shape index (κ2) is 47.5. The summed E-state index contributed by atoms with van der Waals surface area (Å²) in [5, 5.41) is 23.0. The van der Waals surface area contributed by atoms with Crippen molar-refractivity contribution in [2.75, 3.05) is 13.2 Å². The number of rotatable bonds is 45. The molecule has 0 rings (SSSR count). The predicted molar refractivity (Wildman–Crippen MR) is 250 cm³/mol. The van der Waals surface area contributed by atoms with E-state index in [-0.39, 0.29) is 18.5 Å². The van der Waals surface area contributed by atoms with Crippen LogP contribution >= 0.6 is 0 Å². The lowest BCUT2D eigenvalue weighted by molar-refractivity contribution is -0.143. The molecule has 6 nitrogen and oxygen atoms in total. The summed E-state index contributed by atoms with van der Waals surface area (Å²) in [5.74, 6) is -0.0928. The second-order valence-electron chi connectivity index (χ2n) is 16.8. The number of ether oxygens (including phenoxy) is 1. The molecule has 0 aromatic heterocycles. The molecule has 3 N–H and O–H groups in total. The maximum atomic E-state index is 12.4. The molecule has 2 atom stereocenters. The van der Waals surface area contributed by atoms with Crippen LogP contribution in [0, 0.1) is 0 Å². The minimum absolute atomic E-state index is 0.0307. The van der Waals surface area contributed by atoms with E-state index in [4.69, 9.17) is 4.74 Å². The van der Waals surface area contributed by atoms with E-state index in [1.54, 1.807) is 0 Å². The molecule has 0 aromatic carbocycles. The Labute approximate surface area is 359 Å². The van der Waals surface area contributed by atoms with Gasteiger partial charge in [-0.15, -0.1) is 0 Å². The summed E-state index contributed by atoms with van der Waals surface area (Å²) >= 11 is 0. The molecule has 0 radical (unpaired) electrons. The van der Waals surface area contributed by atoms with Crippen molar-refractivity contribution in [3.63, 3.8) is 0 Å². The number of hydrogen-bond acceptors (Lipinski definition) is 5. The van der Waals surface area contributed by atoms with Gasteiger partial charge in [-0.2, -0.15) is 0 Å². The van der Waals surface area contributed by atoms with E-state index in [2.05, 4.69) is 67.8 Å². The number of carbonyl (C=O) groups is 2. The van der Waals surface area contributed by atoms with Crippen molar-refractivity contribution in [1.82, 2.24) is 5.32 Å². The summed E-state index contributed by atoms with van der Waals surface area (Å²) < 4.78 is 5.44. The van der Waals surface area contributed by atoms with E-state index < -0.39 is 12.1 Å². The molecule has 0 saturated heterocycles. The summed E-state index contributed by atoms with van der Waals surface area (Å²) in [5.41, 5.74) is 0. The fraction of sp³-hybridized carbons (Fsp3) is 0.808. The lowest BCUT2D eigenvalue weighted by Gasteiger charge is -2.22. The molecule has 0 heterocycles. The van der Waals surface area contributed by atoms with Gasteiger partial charge in [0.25, 0.3) is 0 Å². The number of carbonyl (C=O) groups excluding carboxylic acids is 2. The van der Waals surface area contributed by atoms with Gasteiger partial charge in [0.15, 0.2) is 0 Å². The first kappa shape index (κ1) is 55.8. The van der Waals surface area contributed by atoms with Gasteiger partial charge in [0.1, 0.15) is 0 Å². The fourth-order valence-electron chi connectivity index (χ4n) is 7.25. The maximum Gasteiger partial charge on any atom is 0.305 e. The molecule has 58 heavy (non-hydrogen) atoms. The van der Waals surface area contributed by atoms with Gasteiger partial charge in [0.05, 0.1) is 25.4 Å². The van der Waals surface area contributed by atoms with Crippen LogP contribution in [0.3, 0.4) is 0 Å². The van der Waals surface area contributed by atoms with Crippen molar-refractivity contribution in [2.45, 2.75) is 257 Å². The second-order valence-corrected chi connectivity index (χ2v) is 16.8. The monoisotopic (exact) mass is 814 g/mol. The first-order valence-corrected chi connectivity index (χ1v) is 24.9. The molecule has 0 bridgehead atoms. The number of hydrogen-bond donors (Lipinski definition) is 3. The number of aliphatic hydroxyl groups is 2. The van der Waals surface area contributed by atoms with Crippen LogP contribution in [0.5, 0.6) is 0 Å².